The smallest absolute Gasteiger partial charge is 0.257 e. The number of hydrogen-bond donors (Lipinski definition) is 1. The van der Waals surface area contributed by atoms with Gasteiger partial charge in [-0.2, -0.15) is 0 Å². The van der Waals surface area contributed by atoms with Gasteiger partial charge >= 0.3 is 0 Å². The number of anilines is 1. The zero-order valence-electron chi connectivity index (χ0n) is 12.4. The Kier molecular flexibility index (Phi) is 4.73. The second-order valence-corrected chi connectivity index (χ2v) is 6.37. The third-order valence-corrected chi connectivity index (χ3v) is 4.32. The van der Waals surface area contributed by atoms with Crippen molar-refractivity contribution < 1.29 is 9.21 Å². The summed E-state index contributed by atoms with van der Waals surface area (Å²) in [5, 5.41) is 13.4. The molecule has 2 heterocycles. The summed E-state index contributed by atoms with van der Waals surface area (Å²) >= 11 is 7.43. The van der Waals surface area contributed by atoms with E-state index in [-0.39, 0.29) is 12.3 Å². The highest BCUT2D eigenvalue weighted by Gasteiger charge is 2.11. The van der Waals surface area contributed by atoms with Crippen molar-refractivity contribution >= 4 is 34.5 Å². The Hall–Kier alpha value is -2.18. The summed E-state index contributed by atoms with van der Waals surface area (Å²) in [6.07, 6.45) is 0.672. The van der Waals surface area contributed by atoms with Crippen LogP contribution in [0.25, 0.3) is 10.8 Å². The molecule has 0 radical (unpaired) electrons. The molecule has 0 saturated heterocycles. The SMILES string of the molecule is Cc1cc(Cl)ccc1NC(=O)CCc1nnc(-c2cccs2)o1. The van der Waals surface area contributed by atoms with E-state index in [0.717, 1.165) is 16.1 Å². The van der Waals surface area contributed by atoms with Gasteiger partial charge in [-0.15, -0.1) is 21.5 Å². The van der Waals surface area contributed by atoms with Crippen molar-refractivity contribution in [1.29, 1.82) is 0 Å². The number of rotatable bonds is 5. The molecule has 0 aliphatic heterocycles. The van der Waals surface area contributed by atoms with Gasteiger partial charge in [-0.25, -0.2) is 0 Å². The lowest BCUT2D eigenvalue weighted by atomic mass is 10.2. The Bertz CT molecular complexity index is 815. The van der Waals surface area contributed by atoms with Crippen LogP contribution in [-0.4, -0.2) is 16.1 Å². The molecule has 1 N–H and O–H groups in total. The third-order valence-electron chi connectivity index (χ3n) is 3.23. The fourth-order valence-corrected chi connectivity index (χ4v) is 2.93. The lowest BCUT2D eigenvalue weighted by Crippen LogP contribution is -2.13. The number of aromatic nitrogens is 2. The van der Waals surface area contributed by atoms with Gasteiger partial charge in [0.1, 0.15) is 0 Å². The van der Waals surface area contributed by atoms with Gasteiger partial charge in [-0.3, -0.25) is 4.79 Å². The molecular weight excluding hydrogens is 334 g/mol. The van der Waals surface area contributed by atoms with Crippen LogP contribution in [0.2, 0.25) is 5.02 Å². The number of nitrogens with one attached hydrogen (secondary N) is 1. The minimum atomic E-state index is -0.105. The van der Waals surface area contributed by atoms with E-state index in [1.807, 2.05) is 30.5 Å². The van der Waals surface area contributed by atoms with Crippen molar-refractivity contribution in [2.75, 3.05) is 5.32 Å². The Balaban J connectivity index is 1.57. The van der Waals surface area contributed by atoms with E-state index in [0.29, 0.717) is 23.2 Å². The maximum absolute atomic E-state index is 12.0. The molecular formula is C16H14ClN3O2S. The van der Waals surface area contributed by atoms with E-state index < -0.39 is 0 Å². The topological polar surface area (TPSA) is 68.0 Å². The number of halogens is 1. The Morgan fingerprint density at radius 3 is 2.96 bits per heavy atom. The molecule has 2 aromatic heterocycles. The highest BCUT2D eigenvalue weighted by Crippen LogP contribution is 2.23. The monoisotopic (exact) mass is 347 g/mol. The van der Waals surface area contributed by atoms with Gasteiger partial charge in [-0.1, -0.05) is 17.7 Å². The molecule has 1 aromatic carbocycles. The summed E-state index contributed by atoms with van der Waals surface area (Å²) in [6.45, 7) is 1.90. The Labute approximate surface area is 142 Å². The number of amides is 1. The van der Waals surface area contributed by atoms with Gasteiger partial charge in [0.25, 0.3) is 5.89 Å². The molecule has 0 saturated carbocycles. The van der Waals surface area contributed by atoms with Crippen molar-refractivity contribution in [2.45, 2.75) is 19.8 Å². The third kappa shape index (κ3) is 3.97. The van der Waals surface area contributed by atoms with Crippen LogP contribution in [0.4, 0.5) is 5.69 Å². The highest BCUT2D eigenvalue weighted by molar-refractivity contribution is 7.13. The number of aryl methyl sites for hydroxylation is 2. The van der Waals surface area contributed by atoms with Crippen LogP contribution in [0.3, 0.4) is 0 Å². The summed E-state index contributed by atoms with van der Waals surface area (Å²) in [4.78, 5) is 12.9. The summed E-state index contributed by atoms with van der Waals surface area (Å²) < 4.78 is 5.56. The molecule has 0 spiro atoms. The van der Waals surface area contributed by atoms with Crippen LogP contribution in [0, 0.1) is 6.92 Å². The van der Waals surface area contributed by atoms with Crippen LogP contribution in [-0.2, 0) is 11.2 Å². The maximum atomic E-state index is 12.0. The van der Waals surface area contributed by atoms with Crippen molar-refractivity contribution in [3.05, 3.63) is 52.2 Å². The molecule has 3 rings (SSSR count). The summed E-state index contributed by atoms with van der Waals surface area (Å²) in [7, 11) is 0. The molecule has 0 fully saturated rings. The highest BCUT2D eigenvalue weighted by atomic mass is 35.5. The predicted molar refractivity (Wildman–Crippen MR) is 90.8 cm³/mol. The standard InChI is InChI=1S/C16H14ClN3O2S/c1-10-9-11(17)4-5-12(10)18-14(21)6-7-15-19-20-16(22-15)13-3-2-8-23-13/h2-5,8-9H,6-7H2,1H3,(H,18,21). The van der Waals surface area contributed by atoms with E-state index in [4.69, 9.17) is 16.0 Å². The van der Waals surface area contributed by atoms with Crippen molar-refractivity contribution in [3.8, 4) is 10.8 Å². The Morgan fingerprint density at radius 2 is 2.22 bits per heavy atom. The lowest BCUT2D eigenvalue weighted by molar-refractivity contribution is -0.116. The zero-order chi connectivity index (χ0) is 16.2. The van der Waals surface area contributed by atoms with Crippen molar-refractivity contribution in [2.24, 2.45) is 0 Å². The molecule has 7 heteroatoms. The first-order valence-electron chi connectivity index (χ1n) is 7.04. The molecule has 0 aliphatic carbocycles. The number of carbonyl (C=O) groups excluding carboxylic acids is 1. The first-order valence-corrected chi connectivity index (χ1v) is 8.30. The van der Waals surface area contributed by atoms with E-state index in [9.17, 15) is 4.79 Å². The fourth-order valence-electron chi connectivity index (χ4n) is 2.05. The molecule has 5 nitrogen and oxygen atoms in total. The summed E-state index contributed by atoms with van der Waals surface area (Å²) in [5.74, 6) is 0.839. The first-order chi connectivity index (χ1) is 11.1. The van der Waals surface area contributed by atoms with Gasteiger partial charge in [0.2, 0.25) is 11.8 Å². The minimum Gasteiger partial charge on any atom is -0.420 e. The Morgan fingerprint density at radius 1 is 1.35 bits per heavy atom. The first kappa shape index (κ1) is 15.7. The van der Waals surface area contributed by atoms with Crippen LogP contribution in [0.1, 0.15) is 17.9 Å². The van der Waals surface area contributed by atoms with Crippen LogP contribution < -0.4 is 5.32 Å². The molecule has 0 bridgehead atoms. The second kappa shape index (κ2) is 6.93. The summed E-state index contributed by atoms with van der Waals surface area (Å²) in [6, 6.07) is 9.18. The largest absolute Gasteiger partial charge is 0.420 e. The van der Waals surface area contributed by atoms with Crippen LogP contribution >= 0.6 is 22.9 Å². The molecule has 118 valence electrons. The van der Waals surface area contributed by atoms with E-state index in [2.05, 4.69) is 15.5 Å². The van der Waals surface area contributed by atoms with Gasteiger partial charge in [-0.05, 0) is 42.1 Å². The molecule has 0 unspecified atom stereocenters. The van der Waals surface area contributed by atoms with Gasteiger partial charge < -0.3 is 9.73 Å². The predicted octanol–water partition coefficient (Wildman–Crippen LogP) is 4.33. The molecule has 3 aromatic rings. The van der Waals surface area contributed by atoms with E-state index in [1.54, 1.807) is 12.1 Å². The number of hydrogen-bond acceptors (Lipinski definition) is 5. The van der Waals surface area contributed by atoms with Crippen LogP contribution in [0.15, 0.2) is 40.1 Å². The van der Waals surface area contributed by atoms with Crippen LogP contribution in [0.5, 0.6) is 0 Å². The minimum absolute atomic E-state index is 0.105. The number of benzene rings is 1. The number of thiophene rings is 1. The van der Waals surface area contributed by atoms with Crippen molar-refractivity contribution in [3.63, 3.8) is 0 Å². The normalized spacial score (nSPS) is 10.7. The van der Waals surface area contributed by atoms with Gasteiger partial charge in [0, 0.05) is 23.6 Å². The van der Waals surface area contributed by atoms with E-state index in [1.165, 1.54) is 11.3 Å². The second-order valence-electron chi connectivity index (χ2n) is 4.99. The van der Waals surface area contributed by atoms with Gasteiger partial charge in [0.15, 0.2) is 0 Å². The zero-order valence-corrected chi connectivity index (χ0v) is 13.9. The number of carbonyl (C=O) groups is 1. The lowest BCUT2D eigenvalue weighted by Gasteiger charge is -2.07. The van der Waals surface area contributed by atoms with E-state index >= 15 is 0 Å². The molecule has 23 heavy (non-hydrogen) atoms. The molecule has 0 aliphatic rings. The maximum Gasteiger partial charge on any atom is 0.257 e. The van der Waals surface area contributed by atoms with Gasteiger partial charge in [0.05, 0.1) is 4.88 Å². The average molecular weight is 348 g/mol. The number of nitrogens with zero attached hydrogens (tertiary/aromatic N) is 2. The average Bonchev–Trinajstić information content (AvgIpc) is 3.18. The molecule has 1 amide bonds. The summed E-state index contributed by atoms with van der Waals surface area (Å²) in [5.41, 5.74) is 1.67. The van der Waals surface area contributed by atoms with Crippen molar-refractivity contribution in [1.82, 2.24) is 10.2 Å². The quantitative estimate of drug-likeness (QED) is 0.745. The fraction of sp³-hybridized carbons (Fsp3) is 0.188. The molecule has 0 atom stereocenters.